The van der Waals surface area contributed by atoms with Gasteiger partial charge in [-0.3, -0.25) is 4.21 Å². The minimum Gasteiger partial charge on any atom is -0.424 e. The van der Waals surface area contributed by atoms with Crippen molar-refractivity contribution in [2.75, 3.05) is 0 Å². The van der Waals surface area contributed by atoms with E-state index >= 15 is 0 Å². The molecule has 0 saturated carbocycles. The van der Waals surface area contributed by atoms with Gasteiger partial charge in [-0.15, -0.1) is 10.2 Å². The van der Waals surface area contributed by atoms with Crippen LogP contribution in [0.4, 0.5) is 0 Å². The predicted molar refractivity (Wildman–Crippen MR) is 84.3 cm³/mol. The molecule has 0 N–H and O–H groups in total. The van der Waals surface area contributed by atoms with E-state index in [1.54, 1.807) is 0 Å². The quantitative estimate of drug-likeness (QED) is 0.844. The van der Waals surface area contributed by atoms with Gasteiger partial charge in [-0.1, -0.05) is 58.0 Å². The topological polar surface area (TPSA) is 56.0 Å². The third-order valence-corrected chi connectivity index (χ3v) is 5.01. The van der Waals surface area contributed by atoms with E-state index in [1.807, 2.05) is 58.0 Å². The van der Waals surface area contributed by atoms with Crippen molar-refractivity contribution in [1.29, 1.82) is 0 Å². The Bertz CT molecular complexity index is 602. The van der Waals surface area contributed by atoms with Crippen LogP contribution in [0.1, 0.15) is 56.7 Å². The Morgan fingerprint density at radius 1 is 1.19 bits per heavy atom. The Morgan fingerprint density at radius 3 is 2.38 bits per heavy atom. The van der Waals surface area contributed by atoms with E-state index in [0.717, 1.165) is 12.0 Å². The molecule has 1 aromatic carbocycles. The normalized spacial score (nSPS) is 14.9. The second-order valence-corrected chi connectivity index (χ2v) is 7.70. The van der Waals surface area contributed by atoms with Crippen molar-refractivity contribution in [1.82, 2.24) is 10.2 Å². The minimum absolute atomic E-state index is 0.00353. The summed E-state index contributed by atoms with van der Waals surface area (Å²) in [5.74, 6) is 1.34. The summed E-state index contributed by atoms with van der Waals surface area (Å²) in [5, 5.41) is 8.07. The molecular formula is C16H22N2O2S. The van der Waals surface area contributed by atoms with Crippen molar-refractivity contribution in [2.45, 2.75) is 50.5 Å². The molecule has 5 heteroatoms. The summed E-state index contributed by atoms with van der Waals surface area (Å²) in [6.07, 6.45) is 0.816. The summed E-state index contributed by atoms with van der Waals surface area (Å²) < 4.78 is 18.2. The van der Waals surface area contributed by atoms with Gasteiger partial charge in [0.15, 0.2) is 0 Å². The molecular weight excluding hydrogens is 284 g/mol. The maximum Gasteiger partial charge on any atom is 0.229 e. The van der Waals surface area contributed by atoms with Crippen LogP contribution in [0.25, 0.3) is 0 Å². The number of hydrogen-bond donors (Lipinski definition) is 0. The minimum atomic E-state index is -1.07. The first-order valence-electron chi connectivity index (χ1n) is 7.16. The van der Waals surface area contributed by atoms with Gasteiger partial charge < -0.3 is 4.42 Å². The van der Waals surface area contributed by atoms with Gasteiger partial charge in [0.25, 0.3) is 0 Å². The van der Waals surface area contributed by atoms with Crippen molar-refractivity contribution in [3.63, 3.8) is 0 Å². The van der Waals surface area contributed by atoms with E-state index in [-0.39, 0.29) is 10.7 Å². The predicted octanol–water partition coefficient (Wildman–Crippen LogP) is 3.77. The molecule has 2 aromatic rings. The van der Waals surface area contributed by atoms with Gasteiger partial charge >= 0.3 is 0 Å². The standard InChI is InChI=1S/C16H22N2O2S/c1-5-13(12-9-7-6-8-10-12)21(19)11-14-17-18-15(20-14)16(2,3)4/h6-10,13H,5,11H2,1-4H3/t13-,21+/m1/s1. The zero-order chi connectivity index (χ0) is 15.5. The average molecular weight is 306 g/mol. The Morgan fingerprint density at radius 2 is 1.86 bits per heavy atom. The molecule has 0 unspecified atom stereocenters. The van der Waals surface area contributed by atoms with Crippen molar-refractivity contribution in [2.24, 2.45) is 0 Å². The van der Waals surface area contributed by atoms with Crippen LogP contribution < -0.4 is 0 Å². The number of aromatic nitrogens is 2. The third kappa shape index (κ3) is 4.00. The Kier molecular flexibility index (Phi) is 4.93. The average Bonchev–Trinajstić information content (AvgIpc) is 2.89. The SMILES string of the molecule is CC[C@H](c1ccccc1)[S@@](=O)Cc1nnc(C(C)(C)C)o1. The Hall–Kier alpha value is -1.49. The fourth-order valence-electron chi connectivity index (χ4n) is 2.08. The van der Waals surface area contributed by atoms with E-state index in [2.05, 4.69) is 10.2 Å². The maximum atomic E-state index is 12.6. The number of nitrogens with zero attached hydrogens (tertiary/aromatic N) is 2. The summed E-state index contributed by atoms with van der Waals surface area (Å²) in [6, 6.07) is 9.94. The fraction of sp³-hybridized carbons (Fsp3) is 0.500. The lowest BCUT2D eigenvalue weighted by molar-refractivity contribution is 0.378. The lowest BCUT2D eigenvalue weighted by Gasteiger charge is -2.14. The molecule has 114 valence electrons. The lowest BCUT2D eigenvalue weighted by Crippen LogP contribution is -2.11. The molecule has 2 rings (SSSR count). The zero-order valence-electron chi connectivity index (χ0n) is 13.0. The summed E-state index contributed by atoms with van der Waals surface area (Å²) in [6.45, 7) is 8.09. The van der Waals surface area contributed by atoms with Crippen LogP contribution in [0, 0.1) is 0 Å². The van der Waals surface area contributed by atoms with Crippen molar-refractivity contribution < 1.29 is 8.63 Å². The van der Waals surface area contributed by atoms with Gasteiger partial charge in [0.05, 0.1) is 5.25 Å². The largest absolute Gasteiger partial charge is 0.424 e. The van der Waals surface area contributed by atoms with Gasteiger partial charge in [0, 0.05) is 16.2 Å². The van der Waals surface area contributed by atoms with E-state index in [1.165, 1.54) is 0 Å². The number of rotatable bonds is 5. The number of hydrogen-bond acceptors (Lipinski definition) is 4. The van der Waals surface area contributed by atoms with Gasteiger partial charge in [0.2, 0.25) is 11.8 Å². The molecule has 2 atom stereocenters. The third-order valence-electron chi connectivity index (χ3n) is 3.23. The molecule has 0 bridgehead atoms. The fourth-order valence-corrected chi connectivity index (χ4v) is 3.47. The monoisotopic (exact) mass is 306 g/mol. The Balaban J connectivity index is 2.11. The molecule has 0 saturated heterocycles. The summed E-state index contributed by atoms with van der Waals surface area (Å²) in [5.41, 5.74) is 0.907. The van der Waals surface area contributed by atoms with Crippen LogP contribution in [0.2, 0.25) is 0 Å². The smallest absolute Gasteiger partial charge is 0.229 e. The van der Waals surface area contributed by atoms with E-state index < -0.39 is 10.8 Å². The second kappa shape index (κ2) is 6.52. The van der Waals surface area contributed by atoms with Gasteiger partial charge in [0.1, 0.15) is 5.75 Å². The molecule has 0 spiro atoms. The Labute approximate surface area is 128 Å². The summed E-state index contributed by atoms with van der Waals surface area (Å²) >= 11 is 0. The zero-order valence-corrected chi connectivity index (χ0v) is 13.8. The molecule has 0 aliphatic carbocycles. The molecule has 0 aliphatic rings. The highest BCUT2D eigenvalue weighted by Crippen LogP contribution is 2.26. The van der Waals surface area contributed by atoms with E-state index in [4.69, 9.17) is 4.42 Å². The van der Waals surface area contributed by atoms with Crippen LogP contribution in [0.15, 0.2) is 34.7 Å². The molecule has 0 aliphatic heterocycles. The summed E-state index contributed by atoms with van der Waals surface area (Å²) in [4.78, 5) is 0. The summed E-state index contributed by atoms with van der Waals surface area (Å²) in [7, 11) is -1.07. The highest BCUT2D eigenvalue weighted by atomic mass is 32.2. The first-order valence-corrected chi connectivity index (χ1v) is 8.55. The second-order valence-electron chi connectivity index (χ2n) is 6.08. The lowest BCUT2D eigenvalue weighted by atomic mass is 9.97. The van der Waals surface area contributed by atoms with Crippen LogP contribution >= 0.6 is 0 Å². The highest BCUT2D eigenvalue weighted by molar-refractivity contribution is 7.84. The van der Waals surface area contributed by atoms with Crippen LogP contribution in [-0.2, 0) is 22.0 Å². The van der Waals surface area contributed by atoms with Gasteiger partial charge in [-0.25, -0.2) is 0 Å². The first-order chi connectivity index (χ1) is 9.91. The van der Waals surface area contributed by atoms with Crippen LogP contribution in [0.3, 0.4) is 0 Å². The molecule has 1 aromatic heterocycles. The molecule has 0 amide bonds. The van der Waals surface area contributed by atoms with Crippen molar-refractivity contribution in [3.8, 4) is 0 Å². The van der Waals surface area contributed by atoms with Crippen LogP contribution in [-0.4, -0.2) is 14.4 Å². The first kappa shape index (κ1) is 15.9. The van der Waals surface area contributed by atoms with Gasteiger partial charge in [-0.05, 0) is 12.0 Å². The molecule has 0 radical (unpaired) electrons. The maximum absolute atomic E-state index is 12.6. The van der Waals surface area contributed by atoms with Crippen molar-refractivity contribution >= 4 is 10.8 Å². The van der Waals surface area contributed by atoms with Gasteiger partial charge in [-0.2, -0.15) is 0 Å². The molecule has 4 nitrogen and oxygen atoms in total. The molecule has 1 heterocycles. The van der Waals surface area contributed by atoms with E-state index in [0.29, 0.717) is 17.5 Å². The van der Waals surface area contributed by atoms with Crippen molar-refractivity contribution in [3.05, 3.63) is 47.7 Å². The molecule has 0 fully saturated rings. The van der Waals surface area contributed by atoms with E-state index in [9.17, 15) is 4.21 Å². The molecule has 21 heavy (non-hydrogen) atoms. The van der Waals surface area contributed by atoms with Crippen LogP contribution in [0.5, 0.6) is 0 Å². The number of benzene rings is 1. The highest BCUT2D eigenvalue weighted by Gasteiger charge is 2.24.